The molecule has 1 aliphatic heterocycles. The van der Waals surface area contributed by atoms with Gasteiger partial charge in [0.2, 0.25) is 0 Å². The summed E-state index contributed by atoms with van der Waals surface area (Å²) in [6, 6.07) is 8.44. The van der Waals surface area contributed by atoms with Crippen molar-refractivity contribution < 1.29 is 4.74 Å². The highest BCUT2D eigenvalue weighted by molar-refractivity contribution is 14.0. The lowest BCUT2D eigenvalue weighted by Gasteiger charge is -2.21. The third kappa shape index (κ3) is 4.42. The fraction of sp³-hybridized carbons (Fsp3) is 0.500. The number of fused-ring (bicyclic) bond motifs is 1. The van der Waals surface area contributed by atoms with Crippen molar-refractivity contribution >= 4 is 40.8 Å². The molecule has 0 aliphatic carbocycles. The van der Waals surface area contributed by atoms with Gasteiger partial charge >= 0.3 is 0 Å². The number of halogens is 1. The van der Waals surface area contributed by atoms with Crippen molar-refractivity contribution in [2.24, 2.45) is 10.9 Å². The van der Waals surface area contributed by atoms with E-state index in [0.29, 0.717) is 5.92 Å². The number of H-pyrrole nitrogens is 1. The van der Waals surface area contributed by atoms with Crippen molar-refractivity contribution in [3.8, 4) is 0 Å². The van der Waals surface area contributed by atoms with Crippen molar-refractivity contribution in [2.75, 3.05) is 40.4 Å². The number of hydrogen-bond donors (Lipinski definition) is 2. The molecule has 6 heteroatoms. The van der Waals surface area contributed by atoms with Gasteiger partial charge in [-0.2, -0.15) is 0 Å². The van der Waals surface area contributed by atoms with E-state index in [9.17, 15) is 0 Å². The van der Waals surface area contributed by atoms with Crippen LogP contribution in [0, 0.1) is 5.92 Å². The van der Waals surface area contributed by atoms with Gasteiger partial charge in [0.15, 0.2) is 5.96 Å². The zero-order chi connectivity index (χ0) is 16.1. The monoisotopic (exact) mass is 442 g/mol. The Morgan fingerprint density at radius 2 is 2.25 bits per heavy atom. The molecule has 1 fully saturated rings. The molecular weight excluding hydrogens is 415 g/mol. The van der Waals surface area contributed by atoms with Crippen LogP contribution in [0.3, 0.4) is 0 Å². The molecule has 2 aromatic rings. The number of rotatable bonds is 5. The predicted molar refractivity (Wildman–Crippen MR) is 110 cm³/mol. The SMILES string of the molecule is CN=C(NCCc1c[nH]c2ccccc12)N1CCC(COC)C1.I. The van der Waals surface area contributed by atoms with Gasteiger partial charge in [0.25, 0.3) is 0 Å². The highest BCUT2D eigenvalue weighted by Crippen LogP contribution is 2.18. The number of aromatic nitrogens is 1. The summed E-state index contributed by atoms with van der Waals surface area (Å²) in [6.45, 7) is 3.81. The van der Waals surface area contributed by atoms with Crippen molar-refractivity contribution in [1.82, 2.24) is 15.2 Å². The summed E-state index contributed by atoms with van der Waals surface area (Å²) in [7, 11) is 3.63. The molecule has 1 saturated heterocycles. The van der Waals surface area contributed by atoms with Crippen LogP contribution in [0.25, 0.3) is 10.9 Å². The molecule has 0 radical (unpaired) electrons. The Labute approximate surface area is 160 Å². The highest BCUT2D eigenvalue weighted by Gasteiger charge is 2.24. The lowest BCUT2D eigenvalue weighted by atomic mass is 10.1. The largest absolute Gasteiger partial charge is 0.384 e. The minimum Gasteiger partial charge on any atom is -0.384 e. The van der Waals surface area contributed by atoms with Crippen LogP contribution in [0.2, 0.25) is 0 Å². The molecule has 24 heavy (non-hydrogen) atoms. The first-order chi connectivity index (χ1) is 11.3. The summed E-state index contributed by atoms with van der Waals surface area (Å²) >= 11 is 0. The molecule has 1 unspecified atom stereocenters. The Kier molecular flexibility index (Phi) is 7.36. The maximum atomic E-state index is 5.27. The predicted octanol–water partition coefficient (Wildman–Crippen LogP) is 2.87. The molecule has 1 atom stereocenters. The molecule has 5 nitrogen and oxygen atoms in total. The zero-order valence-electron chi connectivity index (χ0n) is 14.4. The summed E-state index contributed by atoms with van der Waals surface area (Å²) in [5.74, 6) is 1.62. The maximum absolute atomic E-state index is 5.27. The molecule has 132 valence electrons. The fourth-order valence-electron chi connectivity index (χ4n) is 3.38. The first-order valence-electron chi connectivity index (χ1n) is 8.31. The molecule has 1 aromatic carbocycles. The van der Waals surface area contributed by atoms with Crippen LogP contribution in [0.15, 0.2) is 35.5 Å². The Bertz CT molecular complexity index is 670. The summed E-state index contributed by atoms with van der Waals surface area (Å²) < 4.78 is 5.27. The number of aliphatic imine (C=N–C) groups is 1. The third-order valence-corrected chi connectivity index (χ3v) is 4.55. The minimum absolute atomic E-state index is 0. The van der Waals surface area contributed by atoms with Crippen molar-refractivity contribution in [3.05, 3.63) is 36.0 Å². The average molecular weight is 442 g/mol. The Morgan fingerprint density at radius 3 is 3.04 bits per heavy atom. The van der Waals surface area contributed by atoms with Crippen LogP contribution < -0.4 is 5.32 Å². The molecule has 0 amide bonds. The van der Waals surface area contributed by atoms with Gasteiger partial charge in [0.1, 0.15) is 0 Å². The number of ether oxygens (including phenoxy) is 1. The second-order valence-corrected chi connectivity index (χ2v) is 6.14. The molecule has 2 heterocycles. The van der Waals surface area contributed by atoms with E-state index < -0.39 is 0 Å². The Morgan fingerprint density at radius 1 is 1.42 bits per heavy atom. The molecule has 0 spiro atoms. The number of para-hydroxylation sites is 1. The van der Waals surface area contributed by atoms with E-state index in [2.05, 4.69) is 50.7 Å². The van der Waals surface area contributed by atoms with E-state index in [-0.39, 0.29) is 24.0 Å². The molecule has 0 saturated carbocycles. The van der Waals surface area contributed by atoms with Crippen LogP contribution in [0.1, 0.15) is 12.0 Å². The number of aromatic amines is 1. The summed E-state index contributed by atoms with van der Waals surface area (Å²) in [4.78, 5) is 10.1. The fourth-order valence-corrected chi connectivity index (χ4v) is 3.38. The van der Waals surface area contributed by atoms with E-state index in [4.69, 9.17) is 4.74 Å². The summed E-state index contributed by atoms with van der Waals surface area (Å²) in [5.41, 5.74) is 2.55. The second-order valence-electron chi connectivity index (χ2n) is 6.14. The van der Waals surface area contributed by atoms with Gasteiger partial charge in [-0.15, -0.1) is 24.0 Å². The van der Waals surface area contributed by atoms with Crippen molar-refractivity contribution in [3.63, 3.8) is 0 Å². The van der Waals surface area contributed by atoms with Crippen LogP contribution in [-0.4, -0.2) is 56.2 Å². The average Bonchev–Trinajstić information content (AvgIpc) is 3.19. The van der Waals surface area contributed by atoms with Gasteiger partial charge in [0.05, 0.1) is 6.61 Å². The van der Waals surface area contributed by atoms with E-state index in [1.165, 1.54) is 22.9 Å². The number of hydrogen-bond acceptors (Lipinski definition) is 2. The van der Waals surface area contributed by atoms with Gasteiger partial charge in [-0.25, -0.2) is 0 Å². The lowest BCUT2D eigenvalue weighted by molar-refractivity contribution is 0.157. The Hall–Kier alpha value is -1.28. The number of benzene rings is 1. The van der Waals surface area contributed by atoms with E-state index in [1.807, 2.05) is 7.05 Å². The molecule has 1 aromatic heterocycles. The topological polar surface area (TPSA) is 52.7 Å². The van der Waals surface area contributed by atoms with Crippen LogP contribution in [0.5, 0.6) is 0 Å². The first kappa shape index (κ1) is 19.1. The first-order valence-corrected chi connectivity index (χ1v) is 8.31. The number of likely N-dealkylation sites (tertiary alicyclic amines) is 1. The third-order valence-electron chi connectivity index (χ3n) is 4.55. The second kappa shape index (κ2) is 9.27. The molecular formula is C18H27IN4O. The number of methoxy groups -OCH3 is 1. The van der Waals surface area contributed by atoms with Gasteiger partial charge in [0, 0.05) is 56.8 Å². The number of nitrogens with zero attached hydrogens (tertiary/aromatic N) is 2. The van der Waals surface area contributed by atoms with Crippen molar-refractivity contribution in [1.29, 1.82) is 0 Å². The molecule has 0 bridgehead atoms. The standard InChI is InChI=1S/C18H26N4O.HI/c1-19-18(22-10-8-14(12-22)13-23-2)20-9-7-15-11-21-17-6-4-3-5-16(15)17;/h3-6,11,14,21H,7-10,12-13H2,1-2H3,(H,19,20);1H. The summed E-state index contributed by atoms with van der Waals surface area (Å²) in [5, 5.41) is 4.81. The van der Waals surface area contributed by atoms with Crippen molar-refractivity contribution in [2.45, 2.75) is 12.8 Å². The van der Waals surface area contributed by atoms with E-state index >= 15 is 0 Å². The highest BCUT2D eigenvalue weighted by atomic mass is 127. The zero-order valence-corrected chi connectivity index (χ0v) is 16.7. The minimum atomic E-state index is 0. The van der Waals surface area contributed by atoms with Gasteiger partial charge in [-0.1, -0.05) is 18.2 Å². The van der Waals surface area contributed by atoms with E-state index in [1.54, 1.807) is 7.11 Å². The van der Waals surface area contributed by atoms with Crippen LogP contribution in [0.4, 0.5) is 0 Å². The molecule has 3 rings (SSSR count). The Balaban J connectivity index is 0.00000208. The van der Waals surface area contributed by atoms with Crippen LogP contribution >= 0.6 is 24.0 Å². The van der Waals surface area contributed by atoms with Gasteiger partial charge < -0.3 is 19.9 Å². The lowest BCUT2D eigenvalue weighted by Crippen LogP contribution is -2.41. The summed E-state index contributed by atoms with van der Waals surface area (Å²) in [6.07, 6.45) is 4.27. The van der Waals surface area contributed by atoms with Crippen LogP contribution in [-0.2, 0) is 11.2 Å². The smallest absolute Gasteiger partial charge is 0.193 e. The number of guanidine groups is 1. The number of nitrogens with one attached hydrogen (secondary N) is 2. The maximum Gasteiger partial charge on any atom is 0.193 e. The molecule has 2 N–H and O–H groups in total. The normalized spacial score (nSPS) is 18.0. The van der Waals surface area contributed by atoms with Gasteiger partial charge in [-0.3, -0.25) is 4.99 Å². The van der Waals surface area contributed by atoms with Gasteiger partial charge in [-0.05, 0) is 24.5 Å². The quantitative estimate of drug-likeness (QED) is 0.426. The molecule has 1 aliphatic rings. The van der Waals surface area contributed by atoms with E-state index in [0.717, 1.165) is 38.6 Å².